The van der Waals surface area contributed by atoms with Crippen LogP contribution in [0, 0.1) is 0 Å². The molecule has 0 aliphatic carbocycles. The maximum Gasteiger partial charge on any atom is 0.143 e. The standard InChI is InChI=1S/C45H34N2O/c1-45(2)39-20-10-12-22-41(39)47(42-23-13-11-21-40(42)45)35-29-37(44-38(30-35)36-19-9-14-24-43(36)48-44)31-25-27-34(28-26-31)46(32-15-5-3-6-16-32)33-17-7-4-8-18-33/h3-30H,1-2H3. The molecule has 2 heterocycles. The van der Waals surface area contributed by atoms with Crippen molar-refractivity contribution in [2.75, 3.05) is 9.80 Å². The normalized spacial score (nSPS) is 13.3. The smallest absolute Gasteiger partial charge is 0.143 e. The summed E-state index contributed by atoms with van der Waals surface area (Å²) in [6, 6.07) is 60.5. The van der Waals surface area contributed by atoms with Gasteiger partial charge in [0.15, 0.2) is 0 Å². The zero-order valence-electron chi connectivity index (χ0n) is 27.0. The Bertz CT molecular complexity index is 2340. The molecule has 1 aliphatic rings. The number of anilines is 6. The third-order valence-corrected chi connectivity index (χ3v) is 9.82. The second-order valence-corrected chi connectivity index (χ2v) is 13.0. The number of nitrogens with zero attached hydrogens (tertiary/aromatic N) is 2. The van der Waals surface area contributed by atoms with Crippen molar-refractivity contribution in [2.45, 2.75) is 19.3 Å². The van der Waals surface area contributed by atoms with Crippen molar-refractivity contribution in [3.63, 3.8) is 0 Å². The molecule has 0 bridgehead atoms. The Morgan fingerprint density at radius 2 is 1.02 bits per heavy atom. The van der Waals surface area contributed by atoms with Crippen molar-refractivity contribution < 1.29 is 4.42 Å². The number of rotatable bonds is 5. The summed E-state index contributed by atoms with van der Waals surface area (Å²) in [5.74, 6) is 0. The van der Waals surface area contributed by atoms with E-state index < -0.39 is 0 Å². The molecule has 0 amide bonds. The zero-order valence-corrected chi connectivity index (χ0v) is 27.0. The molecule has 0 fully saturated rings. The quantitative estimate of drug-likeness (QED) is 0.191. The second kappa shape index (κ2) is 11.0. The first-order chi connectivity index (χ1) is 23.6. The Hall–Kier alpha value is -6.06. The van der Waals surface area contributed by atoms with Crippen LogP contribution in [0.3, 0.4) is 0 Å². The lowest BCUT2D eigenvalue weighted by Crippen LogP contribution is -2.30. The van der Waals surface area contributed by atoms with Crippen molar-refractivity contribution in [3.8, 4) is 11.1 Å². The first kappa shape index (κ1) is 28.2. The summed E-state index contributed by atoms with van der Waals surface area (Å²) in [5.41, 5.74) is 13.3. The number of furan rings is 1. The van der Waals surface area contributed by atoms with E-state index in [0.717, 1.165) is 55.8 Å². The predicted octanol–water partition coefficient (Wildman–Crippen LogP) is 12.8. The lowest BCUT2D eigenvalue weighted by atomic mass is 9.73. The lowest BCUT2D eigenvalue weighted by molar-refractivity contribution is 0.632. The van der Waals surface area contributed by atoms with Gasteiger partial charge in [-0.3, -0.25) is 0 Å². The predicted molar refractivity (Wildman–Crippen MR) is 201 cm³/mol. The van der Waals surface area contributed by atoms with Crippen LogP contribution in [0.2, 0.25) is 0 Å². The molecule has 0 N–H and O–H groups in total. The number of fused-ring (bicyclic) bond motifs is 5. The first-order valence-electron chi connectivity index (χ1n) is 16.5. The first-order valence-corrected chi connectivity index (χ1v) is 16.5. The van der Waals surface area contributed by atoms with Gasteiger partial charge >= 0.3 is 0 Å². The van der Waals surface area contributed by atoms with Gasteiger partial charge in [0.05, 0.1) is 11.4 Å². The average Bonchev–Trinajstić information content (AvgIpc) is 3.52. The second-order valence-electron chi connectivity index (χ2n) is 13.0. The van der Waals surface area contributed by atoms with Crippen LogP contribution in [0.5, 0.6) is 0 Å². The van der Waals surface area contributed by atoms with E-state index in [1.807, 2.05) is 6.07 Å². The highest BCUT2D eigenvalue weighted by molar-refractivity contribution is 6.12. The Morgan fingerprint density at radius 3 is 1.65 bits per heavy atom. The SMILES string of the molecule is CC1(C)c2ccccc2N(c2cc(-c3ccc(N(c4ccccc4)c4ccccc4)cc3)c3oc4ccccc4c3c2)c2ccccc21. The fraction of sp³-hybridized carbons (Fsp3) is 0.0667. The molecule has 0 spiro atoms. The number of hydrogen-bond donors (Lipinski definition) is 0. The third-order valence-electron chi connectivity index (χ3n) is 9.82. The van der Waals surface area contributed by atoms with E-state index in [1.165, 1.54) is 22.5 Å². The van der Waals surface area contributed by atoms with E-state index in [4.69, 9.17) is 4.42 Å². The lowest BCUT2D eigenvalue weighted by Gasteiger charge is -2.42. The van der Waals surface area contributed by atoms with Crippen molar-refractivity contribution in [1.29, 1.82) is 0 Å². The molecule has 7 aromatic carbocycles. The van der Waals surface area contributed by atoms with Gasteiger partial charge in [-0.2, -0.15) is 0 Å². The fourth-order valence-electron chi connectivity index (χ4n) is 7.49. The fourth-order valence-corrected chi connectivity index (χ4v) is 7.49. The Labute approximate surface area is 280 Å². The number of benzene rings is 7. The highest BCUT2D eigenvalue weighted by atomic mass is 16.3. The van der Waals surface area contributed by atoms with Gasteiger partial charge in [0.2, 0.25) is 0 Å². The van der Waals surface area contributed by atoms with E-state index in [0.29, 0.717) is 0 Å². The Morgan fingerprint density at radius 1 is 0.500 bits per heavy atom. The summed E-state index contributed by atoms with van der Waals surface area (Å²) in [6.45, 7) is 4.66. The van der Waals surface area contributed by atoms with Gasteiger partial charge < -0.3 is 14.2 Å². The van der Waals surface area contributed by atoms with Crippen LogP contribution in [0.25, 0.3) is 33.1 Å². The molecule has 8 aromatic rings. The molecular formula is C45H34N2O. The molecule has 230 valence electrons. The van der Waals surface area contributed by atoms with Gasteiger partial charge in [0.1, 0.15) is 11.2 Å². The van der Waals surface area contributed by atoms with E-state index in [1.54, 1.807) is 0 Å². The summed E-state index contributed by atoms with van der Waals surface area (Å²) >= 11 is 0. The largest absolute Gasteiger partial charge is 0.455 e. The van der Waals surface area contributed by atoms with Gasteiger partial charge in [-0.25, -0.2) is 0 Å². The van der Waals surface area contributed by atoms with Gasteiger partial charge in [0, 0.05) is 44.5 Å². The van der Waals surface area contributed by atoms with Crippen LogP contribution < -0.4 is 9.80 Å². The van der Waals surface area contributed by atoms with Crippen LogP contribution in [0.15, 0.2) is 174 Å². The van der Waals surface area contributed by atoms with Crippen molar-refractivity contribution in [2.24, 2.45) is 0 Å². The minimum absolute atomic E-state index is 0.127. The summed E-state index contributed by atoms with van der Waals surface area (Å²) in [5, 5.41) is 2.22. The molecule has 9 rings (SSSR count). The molecule has 0 atom stereocenters. The van der Waals surface area contributed by atoms with Gasteiger partial charge in [-0.05, 0) is 83.4 Å². The zero-order chi connectivity index (χ0) is 32.2. The highest BCUT2D eigenvalue weighted by Crippen LogP contribution is 2.53. The van der Waals surface area contributed by atoms with Crippen molar-refractivity contribution >= 4 is 56.1 Å². The molecule has 1 aliphatic heterocycles. The summed E-state index contributed by atoms with van der Waals surface area (Å²) in [6.07, 6.45) is 0. The summed E-state index contributed by atoms with van der Waals surface area (Å²) in [7, 11) is 0. The maximum atomic E-state index is 6.64. The molecule has 3 heteroatoms. The molecule has 0 saturated heterocycles. The topological polar surface area (TPSA) is 19.6 Å². The van der Waals surface area contributed by atoms with Gasteiger partial charge in [-0.1, -0.05) is 117 Å². The van der Waals surface area contributed by atoms with Crippen LogP contribution in [0.1, 0.15) is 25.0 Å². The summed E-state index contributed by atoms with van der Waals surface area (Å²) in [4.78, 5) is 4.72. The van der Waals surface area contributed by atoms with Gasteiger partial charge in [0.25, 0.3) is 0 Å². The minimum atomic E-state index is -0.127. The molecular weight excluding hydrogens is 585 g/mol. The Balaban J connectivity index is 1.25. The van der Waals surface area contributed by atoms with E-state index in [9.17, 15) is 0 Å². The Kier molecular flexibility index (Phi) is 6.48. The number of para-hydroxylation sites is 5. The monoisotopic (exact) mass is 618 g/mol. The van der Waals surface area contributed by atoms with E-state index >= 15 is 0 Å². The maximum absolute atomic E-state index is 6.64. The minimum Gasteiger partial charge on any atom is -0.455 e. The number of hydrogen-bond acceptors (Lipinski definition) is 3. The molecule has 1 aromatic heterocycles. The van der Waals surface area contributed by atoms with E-state index in [2.05, 4.69) is 187 Å². The van der Waals surface area contributed by atoms with Crippen LogP contribution >= 0.6 is 0 Å². The third kappa shape index (κ3) is 4.43. The van der Waals surface area contributed by atoms with Crippen LogP contribution in [-0.2, 0) is 5.41 Å². The average molecular weight is 619 g/mol. The molecule has 48 heavy (non-hydrogen) atoms. The van der Waals surface area contributed by atoms with Crippen molar-refractivity contribution in [3.05, 3.63) is 181 Å². The van der Waals surface area contributed by atoms with E-state index in [-0.39, 0.29) is 5.41 Å². The molecule has 0 saturated carbocycles. The summed E-state index contributed by atoms with van der Waals surface area (Å²) < 4.78 is 6.64. The molecule has 0 radical (unpaired) electrons. The van der Waals surface area contributed by atoms with Crippen molar-refractivity contribution in [1.82, 2.24) is 0 Å². The van der Waals surface area contributed by atoms with Gasteiger partial charge in [-0.15, -0.1) is 0 Å². The van der Waals surface area contributed by atoms with Crippen LogP contribution in [-0.4, -0.2) is 0 Å². The van der Waals surface area contributed by atoms with Crippen LogP contribution in [0.4, 0.5) is 34.1 Å². The highest BCUT2D eigenvalue weighted by Gasteiger charge is 2.36. The molecule has 0 unspecified atom stereocenters. The molecule has 3 nitrogen and oxygen atoms in total.